The highest BCUT2D eigenvalue weighted by atomic mass is 19.1. The summed E-state index contributed by atoms with van der Waals surface area (Å²) in [6.07, 6.45) is 3.05. The summed E-state index contributed by atoms with van der Waals surface area (Å²) in [6.45, 7) is 3.48. The van der Waals surface area contributed by atoms with Crippen molar-refractivity contribution in [3.8, 4) is 0 Å². The van der Waals surface area contributed by atoms with E-state index in [1.54, 1.807) is 12.1 Å². The normalized spacial score (nSPS) is 29.0. The summed E-state index contributed by atoms with van der Waals surface area (Å²) < 4.78 is 27.1. The Bertz CT molecular complexity index is 842. The Labute approximate surface area is 164 Å². The van der Waals surface area contributed by atoms with E-state index in [0.717, 1.165) is 48.9 Å². The molecule has 3 saturated heterocycles. The number of nitrogens with zero attached hydrogens (tertiary/aromatic N) is 1. The molecule has 0 aromatic heterocycles. The molecule has 1 N–H and O–H groups in total. The predicted octanol–water partition coefficient (Wildman–Crippen LogP) is 4.06. The predicted molar refractivity (Wildman–Crippen MR) is 103 cm³/mol. The van der Waals surface area contributed by atoms with Gasteiger partial charge in [-0.15, -0.1) is 0 Å². The monoisotopic (exact) mass is 386 g/mol. The van der Waals surface area contributed by atoms with E-state index in [-0.39, 0.29) is 23.3 Å². The van der Waals surface area contributed by atoms with Gasteiger partial charge in [-0.2, -0.15) is 0 Å². The van der Waals surface area contributed by atoms with Crippen LogP contribution in [0.1, 0.15) is 41.6 Å². The second-order valence-electron chi connectivity index (χ2n) is 8.41. The van der Waals surface area contributed by atoms with Crippen LogP contribution in [-0.4, -0.2) is 41.6 Å². The molecule has 2 aromatic rings. The number of ketones is 1. The summed E-state index contributed by atoms with van der Waals surface area (Å²) >= 11 is 0. The molecule has 1 atom stereocenters. The molecule has 2 aromatic carbocycles. The number of piperidine rings is 3. The minimum absolute atomic E-state index is 0.0268. The van der Waals surface area contributed by atoms with Gasteiger partial charge < -0.3 is 9.59 Å². The lowest BCUT2D eigenvalue weighted by Crippen LogP contribution is -2.67. The van der Waals surface area contributed by atoms with Gasteiger partial charge in [-0.25, -0.2) is 8.78 Å². The summed E-state index contributed by atoms with van der Waals surface area (Å²) in [5.41, 5.74) is 0.412. The molecule has 148 valence electrons. The van der Waals surface area contributed by atoms with Crippen LogP contribution in [0.4, 0.5) is 8.78 Å². The van der Waals surface area contributed by atoms with Crippen LogP contribution in [0.5, 0.6) is 0 Å². The van der Waals surface area contributed by atoms with E-state index in [2.05, 4.69) is 0 Å². The Balaban J connectivity index is 1.42. The van der Waals surface area contributed by atoms with Crippen LogP contribution in [0, 0.1) is 17.6 Å². The van der Waals surface area contributed by atoms with E-state index in [0.29, 0.717) is 18.5 Å². The Hall–Kier alpha value is -2.11. The number of rotatable bonds is 6. The fourth-order valence-corrected chi connectivity index (χ4v) is 5.11. The molecule has 3 heterocycles. The van der Waals surface area contributed by atoms with Gasteiger partial charge in [-0.05, 0) is 42.0 Å². The number of aliphatic hydroxyl groups is 1. The third-order valence-corrected chi connectivity index (χ3v) is 6.70. The summed E-state index contributed by atoms with van der Waals surface area (Å²) in [7, 11) is 0. The third kappa shape index (κ3) is 3.61. The maximum absolute atomic E-state index is 13.3. The van der Waals surface area contributed by atoms with Gasteiger partial charge in [0.05, 0.1) is 19.6 Å². The maximum atomic E-state index is 13.3. The molecule has 0 amide bonds. The largest absolute Gasteiger partial charge is 0.379 e. The van der Waals surface area contributed by atoms with E-state index in [1.165, 1.54) is 36.4 Å². The summed E-state index contributed by atoms with van der Waals surface area (Å²) in [5.74, 6) is -0.402. The molecule has 0 saturated carbocycles. The first-order chi connectivity index (χ1) is 13.4. The molecule has 0 radical (unpaired) electrons. The van der Waals surface area contributed by atoms with Crippen LogP contribution in [0.25, 0.3) is 0 Å². The van der Waals surface area contributed by atoms with Gasteiger partial charge in [-0.1, -0.05) is 12.1 Å². The molecule has 3 aliphatic rings. The number of halogens is 2. The van der Waals surface area contributed by atoms with E-state index < -0.39 is 5.60 Å². The molecule has 2 bridgehead atoms. The van der Waals surface area contributed by atoms with Gasteiger partial charge in [0.2, 0.25) is 0 Å². The van der Waals surface area contributed by atoms with E-state index in [1.807, 2.05) is 0 Å². The van der Waals surface area contributed by atoms with Gasteiger partial charge in [0, 0.05) is 37.2 Å². The van der Waals surface area contributed by atoms with Crippen molar-refractivity contribution >= 4 is 5.78 Å². The Morgan fingerprint density at radius 2 is 1.57 bits per heavy atom. The summed E-state index contributed by atoms with van der Waals surface area (Å²) in [6, 6.07) is 11.9. The third-order valence-electron chi connectivity index (χ3n) is 6.70. The number of fused-ring (bicyclic) bond motifs is 3. The average molecular weight is 386 g/mol. The Morgan fingerprint density at radius 1 is 1.00 bits per heavy atom. The van der Waals surface area contributed by atoms with Crippen molar-refractivity contribution in [3.05, 3.63) is 71.3 Å². The standard InChI is InChI=1S/C23H26F2NO2/c24-20-7-3-17(4-8-20)22(27)2-1-13-26-14-11-19(12-15-26)23(28,16-26)18-5-9-21(25)10-6-18/h3-10,19,28H,1-2,11-16H2/q+1. The number of hydrogen-bond donors (Lipinski definition) is 1. The quantitative estimate of drug-likeness (QED) is 0.601. The highest BCUT2D eigenvalue weighted by Gasteiger charge is 2.54. The Morgan fingerprint density at radius 3 is 2.18 bits per heavy atom. The fourth-order valence-electron chi connectivity index (χ4n) is 5.11. The highest BCUT2D eigenvalue weighted by molar-refractivity contribution is 5.95. The maximum Gasteiger partial charge on any atom is 0.163 e. The van der Waals surface area contributed by atoms with Gasteiger partial charge in [0.15, 0.2) is 5.78 Å². The van der Waals surface area contributed by atoms with Gasteiger partial charge in [0.25, 0.3) is 0 Å². The minimum Gasteiger partial charge on any atom is -0.379 e. The van der Waals surface area contributed by atoms with E-state index >= 15 is 0 Å². The van der Waals surface area contributed by atoms with E-state index in [9.17, 15) is 18.7 Å². The van der Waals surface area contributed by atoms with Gasteiger partial charge >= 0.3 is 0 Å². The molecule has 3 aliphatic heterocycles. The minimum atomic E-state index is -0.925. The molecule has 0 spiro atoms. The molecule has 3 nitrogen and oxygen atoms in total. The summed E-state index contributed by atoms with van der Waals surface area (Å²) in [5, 5.41) is 11.5. The molecular weight excluding hydrogens is 360 g/mol. The number of carbonyl (C=O) groups excluding carboxylic acids is 1. The highest BCUT2D eigenvalue weighted by Crippen LogP contribution is 2.46. The van der Waals surface area contributed by atoms with Crippen LogP contribution in [0.2, 0.25) is 0 Å². The number of hydrogen-bond acceptors (Lipinski definition) is 2. The van der Waals surface area contributed by atoms with Crippen molar-refractivity contribution in [1.82, 2.24) is 0 Å². The van der Waals surface area contributed by atoms with Crippen LogP contribution in [0.15, 0.2) is 48.5 Å². The molecule has 0 aliphatic carbocycles. The average Bonchev–Trinajstić information content (AvgIpc) is 2.69. The molecule has 1 unspecified atom stereocenters. The zero-order valence-electron chi connectivity index (χ0n) is 15.9. The van der Waals surface area contributed by atoms with Crippen molar-refractivity contribution in [3.63, 3.8) is 0 Å². The van der Waals surface area contributed by atoms with Crippen LogP contribution < -0.4 is 0 Å². The molecule has 28 heavy (non-hydrogen) atoms. The lowest BCUT2D eigenvalue weighted by Gasteiger charge is -2.56. The second-order valence-corrected chi connectivity index (χ2v) is 8.41. The van der Waals surface area contributed by atoms with Gasteiger partial charge in [0.1, 0.15) is 23.8 Å². The number of Topliss-reactive ketones (excluding diaryl/α,β-unsaturated/α-hetero) is 1. The second kappa shape index (κ2) is 7.37. The zero-order valence-corrected chi connectivity index (χ0v) is 15.9. The lowest BCUT2D eigenvalue weighted by atomic mass is 9.70. The molecular formula is C23H26F2NO2+. The van der Waals surface area contributed by atoms with Crippen molar-refractivity contribution in [2.24, 2.45) is 5.92 Å². The molecule has 5 rings (SSSR count). The van der Waals surface area contributed by atoms with Crippen LogP contribution in [-0.2, 0) is 5.60 Å². The van der Waals surface area contributed by atoms with Crippen LogP contribution >= 0.6 is 0 Å². The first-order valence-corrected chi connectivity index (χ1v) is 10.0. The van der Waals surface area contributed by atoms with Gasteiger partial charge in [-0.3, -0.25) is 4.79 Å². The zero-order chi connectivity index (χ0) is 19.8. The number of quaternary nitrogens is 1. The van der Waals surface area contributed by atoms with Crippen molar-refractivity contribution in [2.75, 3.05) is 26.2 Å². The van der Waals surface area contributed by atoms with Crippen molar-refractivity contribution in [2.45, 2.75) is 31.3 Å². The lowest BCUT2D eigenvalue weighted by molar-refractivity contribution is -0.952. The topological polar surface area (TPSA) is 37.3 Å². The van der Waals surface area contributed by atoms with Crippen molar-refractivity contribution < 1.29 is 23.2 Å². The number of benzene rings is 2. The first-order valence-electron chi connectivity index (χ1n) is 10.0. The Kier molecular flexibility index (Phi) is 5.06. The smallest absolute Gasteiger partial charge is 0.163 e. The van der Waals surface area contributed by atoms with E-state index in [4.69, 9.17) is 0 Å². The SMILES string of the molecule is O=C(CCC[N+]12CCC(CC1)C(O)(c1ccc(F)cc1)C2)c1ccc(F)cc1. The first kappa shape index (κ1) is 19.2. The fraction of sp³-hybridized carbons (Fsp3) is 0.435. The van der Waals surface area contributed by atoms with Crippen LogP contribution in [0.3, 0.4) is 0 Å². The molecule has 3 fully saturated rings. The summed E-state index contributed by atoms with van der Waals surface area (Å²) in [4.78, 5) is 12.4. The molecule has 5 heteroatoms. The van der Waals surface area contributed by atoms with Crippen molar-refractivity contribution in [1.29, 1.82) is 0 Å². The number of carbonyl (C=O) groups is 1.